The molecule has 1 saturated heterocycles. The molecule has 0 spiro atoms. The van der Waals surface area contributed by atoms with Gasteiger partial charge in [-0.3, -0.25) is 9.48 Å². The fraction of sp³-hybridized carbons (Fsp3) is 0.350. The number of benzene rings is 1. The Morgan fingerprint density at radius 1 is 1.47 bits per heavy atom. The highest BCUT2D eigenvalue weighted by Gasteiger charge is 2.30. The maximum absolute atomic E-state index is 12.0. The first kappa shape index (κ1) is 20.0. The number of fused-ring (bicyclic) bond motifs is 1. The van der Waals surface area contributed by atoms with Crippen LogP contribution in [0.3, 0.4) is 0 Å². The molecule has 0 radical (unpaired) electrons. The second-order valence-electron chi connectivity index (χ2n) is 7.52. The van der Waals surface area contributed by atoms with Gasteiger partial charge in [-0.2, -0.15) is 10.4 Å². The predicted molar refractivity (Wildman–Crippen MR) is 111 cm³/mol. The lowest BCUT2D eigenvalue weighted by Gasteiger charge is -2.27. The number of rotatable bonds is 4. The number of hydrogen-bond donors (Lipinski definition) is 3. The maximum atomic E-state index is 12.0. The molecule has 1 fully saturated rings. The van der Waals surface area contributed by atoms with E-state index < -0.39 is 13.0 Å². The highest BCUT2D eigenvalue weighted by molar-refractivity contribution is 6.55. The van der Waals surface area contributed by atoms with Gasteiger partial charge in [-0.15, -0.1) is 0 Å². The SMILES string of the molecule is CC1=C(C)c2cc(Nc3nn([C@H]4COCC[C@@H]4C#N)cc3C(N)=O)ccc2OB1O. The Labute approximate surface area is 174 Å². The summed E-state index contributed by atoms with van der Waals surface area (Å²) in [4.78, 5) is 12.0. The van der Waals surface area contributed by atoms with Crippen LogP contribution in [0.1, 0.15) is 42.2 Å². The van der Waals surface area contributed by atoms with E-state index in [2.05, 4.69) is 16.5 Å². The molecule has 1 amide bonds. The number of amides is 1. The van der Waals surface area contributed by atoms with E-state index in [0.29, 0.717) is 36.9 Å². The third kappa shape index (κ3) is 3.53. The molecule has 0 saturated carbocycles. The van der Waals surface area contributed by atoms with E-state index in [1.165, 1.54) is 0 Å². The van der Waals surface area contributed by atoms with Crippen molar-refractivity contribution in [2.45, 2.75) is 26.3 Å². The van der Waals surface area contributed by atoms with Crippen molar-refractivity contribution in [1.82, 2.24) is 9.78 Å². The molecular formula is C20H22BN5O4. The van der Waals surface area contributed by atoms with E-state index in [-0.39, 0.29) is 17.5 Å². The van der Waals surface area contributed by atoms with Crippen LogP contribution in [-0.2, 0) is 4.74 Å². The first-order valence-electron chi connectivity index (χ1n) is 9.69. The van der Waals surface area contributed by atoms with Crippen LogP contribution in [0.15, 0.2) is 29.9 Å². The van der Waals surface area contributed by atoms with E-state index in [1.807, 2.05) is 19.9 Å². The number of anilines is 2. The summed E-state index contributed by atoms with van der Waals surface area (Å²) in [5.74, 6) is 0.00785. The molecule has 2 atom stereocenters. The zero-order chi connectivity index (χ0) is 21.4. The minimum Gasteiger partial charge on any atom is -0.532 e. The molecule has 0 unspecified atom stereocenters. The van der Waals surface area contributed by atoms with Crippen LogP contribution in [0.5, 0.6) is 5.75 Å². The van der Waals surface area contributed by atoms with Crippen molar-refractivity contribution in [2.24, 2.45) is 11.7 Å². The van der Waals surface area contributed by atoms with Gasteiger partial charge in [0.2, 0.25) is 0 Å². The number of nitriles is 1. The van der Waals surface area contributed by atoms with Crippen LogP contribution in [0.4, 0.5) is 11.5 Å². The van der Waals surface area contributed by atoms with Crippen LogP contribution >= 0.6 is 0 Å². The molecule has 1 aromatic carbocycles. The Hall–Kier alpha value is -3.29. The summed E-state index contributed by atoms with van der Waals surface area (Å²) in [5.41, 5.74) is 8.97. The Morgan fingerprint density at radius 2 is 2.27 bits per heavy atom. The fourth-order valence-corrected chi connectivity index (χ4v) is 3.71. The number of carbonyl (C=O) groups is 1. The van der Waals surface area contributed by atoms with E-state index in [0.717, 1.165) is 16.6 Å². The number of nitrogens with two attached hydrogens (primary N) is 1. The third-order valence-corrected chi connectivity index (χ3v) is 5.68. The molecule has 2 aromatic rings. The summed E-state index contributed by atoms with van der Waals surface area (Å²) in [6, 6.07) is 7.39. The number of carbonyl (C=O) groups excluding carboxylic acids is 1. The molecule has 0 aliphatic carbocycles. The van der Waals surface area contributed by atoms with Crippen LogP contribution in [0, 0.1) is 17.2 Å². The van der Waals surface area contributed by atoms with E-state index >= 15 is 0 Å². The van der Waals surface area contributed by atoms with Gasteiger partial charge >= 0.3 is 7.12 Å². The summed E-state index contributed by atoms with van der Waals surface area (Å²) >= 11 is 0. The van der Waals surface area contributed by atoms with Gasteiger partial charge in [-0.25, -0.2) is 0 Å². The van der Waals surface area contributed by atoms with E-state index in [4.69, 9.17) is 15.1 Å². The van der Waals surface area contributed by atoms with Gasteiger partial charge in [-0.1, -0.05) is 0 Å². The van der Waals surface area contributed by atoms with Crippen molar-refractivity contribution >= 4 is 30.1 Å². The molecule has 9 nitrogen and oxygen atoms in total. The quantitative estimate of drug-likeness (QED) is 0.660. The minimum atomic E-state index is -0.959. The van der Waals surface area contributed by atoms with Gasteiger partial charge in [0.1, 0.15) is 11.3 Å². The minimum absolute atomic E-state index is 0.227. The molecule has 154 valence electrons. The van der Waals surface area contributed by atoms with E-state index in [1.54, 1.807) is 23.0 Å². The van der Waals surface area contributed by atoms with Crippen LogP contribution in [0.2, 0.25) is 0 Å². The molecule has 2 aliphatic heterocycles. The zero-order valence-corrected chi connectivity index (χ0v) is 16.8. The lowest BCUT2D eigenvalue weighted by Crippen LogP contribution is -2.29. The van der Waals surface area contributed by atoms with Gasteiger partial charge in [0, 0.05) is 24.1 Å². The first-order chi connectivity index (χ1) is 14.4. The van der Waals surface area contributed by atoms with Gasteiger partial charge in [0.25, 0.3) is 5.91 Å². The maximum Gasteiger partial charge on any atom is 0.555 e. The second-order valence-corrected chi connectivity index (χ2v) is 7.52. The molecule has 2 aliphatic rings. The normalized spacial score (nSPS) is 20.9. The molecule has 0 bridgehead atoms. The number of allylic oxidation sites excluding steroid dienone is 2. The zero-order valence-electron chi connectivity index (χ0n) is 16.8. The molecule has 3 heterocycles. The highest BCUT2D eigenvalue weighted by atomic mass is 16.5. The topological polar surface area (TPSA) is 135 Å². The third-order valence-electron chi connectivity index (χ3n) is 5.68. The lowest BCUT2D eigenvalue weighted by molar-refractivity contribution is 0.0342. The summed E-state index contributed by atoms with van der Waals surface area (Å²) in [6.45, 7) is 4.60. The molecule has 1 aromatic heterocycles. The Balaban J connectivity index is 1.67. The number of hydrogen-bond acceptors (Lipinski definition) is 7. The molecule has 10 heteroatoms. The van der Waals surface area contributed by atoms with Crippen molar-refractivity contribution in [2.75, 3.05) is 18.5 Å². The summed E-state index contributed by atoms with van der Waals surface area (Å²) in [7, 11) is -0.959. The highest BCUT2D eigenvalue weighted by Crippen LogP contribution is 2.36. The Morgan fingerprint density at radius 3 is 3.00 bits per heavy atom. The van der Waals surface area contributed by atoms with Crippen LogP contribution in [0.25, 0.3) is 5.57 Å². The van der Waals surface area contributed by atoms with E-state index in [9.17, 15) is 15.1 Å². The average molecular weight is 407 g/mol. The number of nitrogens with zero attached hydrogens (tertiary/aromatic N) is 3. The molecule has 4 N–H and O–H groups in total. The number of aromatic nitrogens is 2. The molecule has 30 heavy (non-hydrogen) atoms. The number of primary amides is 1. The Bertz CT molecular complexity index is 1070. The second kappa shape index (κ2) is 7.86. The van der Waals surface area contributed by atoms with Crippen molar-refractivity contribution in [3.05, 3.63) is 41.0 Å². The largest absolute Gasteiger partial charge is 0.555 e. The predicted octanol–water partition coefficient (Wildman–Crippen LogP) is 2.03. The van der Waals surface area contributed by atoms with Gasteiger partial charge in [0.15, 0.2) is 5.82 Å². The smallest absolute Gasteiger partial charge is 0.532 e. The van der Waals surface area contributed by atoms with Gasteiger partial charge in [0.05, 0.1) is 24.6 Å². The monoisotopic (exact) mass is 407 g/mol. The Kier molecular flexibility index (Phi) is 5.24. The number of ether oxygens (including phenoxy) is 1. The van der Waals surface area contributed by atoms with Crippen molar-refractivity contribution in [3.8, 4) is 11.8 Å². The number of nitrogens with one attached hydrogen (secondary N) is 1. The van der Waals surface area contributed by atoms with Gasteiger partial charge < -0.3 is 25.5 Å². The lowest BCUT2D eigenvalue weighted by atomic mass is 9.73. The van der Waals surface area contributed by atoms with Crippen molar-refractivity contribution in [1.29, 1.82) is 5.26 Å². The standard InChI is InChI=1S/C20H22BN5O4/c1-11-12(2)21(28)30-18-4-3-14(7-15(11)18)24-20-16(19(23)27)9-26(25-20)17-10-29-6-5-13(17)8-22/h3-4,7,9,13,17,28H,5-6,10H2,1-2H3,(H2,23,27)(H,24,25)/t13-,17+/m1/s1. The van der Waals surface area contributed by atoms with Gasteiger partial charge in [-0.05, 0) is 49.5 Å². The van der Waals surface area contributed by atoms with Crippen LogP contribution < -0.4 is 15.7 Å². The van der Waals surface area contributed by atoms with Crippen LogP contribution in [-0.4, -0.2) is 41.0 Å². The molecular weight excluding hydrogens is 385 g/mol. The average Bonchev–Trinajstić information content (AvgIpc) is 3.16. The molecule has 4 rings (SSSR count). The van der Waals surface area contributed by atoms with Crippen molar-refractivity contribution in [3.63, 3.8) is 0 Å². The fourth-order valence-electron chi connectivity index (χ4n) is 3.71. The summed E-state index contributed by atoms with van der Waals surface area (Å²) < 4.78 is 12.6. The van der Waals surface area contributed by atoms with Crippen molar-refractivity contribution < 1.29 is 19.2 Å². The summed E-state index contributed by atoms with van der Waals surface area (Å²) in [6.07, 6.45) is 2.17. The summed E-state index contributed by atoms with van der Waals surface area (Å²) in [5, 5.41) is 27.0. The first-order valence-corrected chi connectivity index (χ1v) is 9.69.